The van der Waals surface area contributed by atoms with Gasteiger partial charge in [-0.3, -0.25) is 4.79 Å². The van der Waals surface area contributed by atoms with E-state index in [0.717, 1.165) is 11.1 Å². The Kier molecular flexibility index (Phi) is 5.15. The second kappa shape index (κ2) is 7.52. The third-order valence-corrected chi connectivity index (χ3v) is 7.63. The number of aryl methyl sites for hydroxylation is 1. The number of amides is 1. The first-order valence-electron chi connectivity index (χ1n) is 9.88. The van der Waals surface area contributed by atoms with Crippen molar-refractivity contribution in [2.24, 2.45) is 0 Å². The van der Waals surface area contributed by atoms with E-state index < -0.39 is 21.6 Å². The van der Waals surface area contributed by atoms with E-state index in [-0.39, 0.29) is 37.0 Å². The van der Waals surface area contributed by atoms with E-state index in [4.69, 9.17) is 4.74 Å². The van der Waals surface area contributed by atoms with Crippen molar-refractivity contribution in [1.82, 2.24) is 9.21 Å². The van der Waals surface area contributed by atoms with Gasteiger partial charge in [0.25, 0.3) is 5.91 Å². The monoisotopic (exact) mass is 428 g/mol. The molecule has 1 saturated heterocycles. The summed E-state index contributed by atoms with van der Waals surface area (Å²) in [5, 5.41) is 0. The number of cyclic esters (lactones) is 1. The van der Waals surface area contributed by atoms with Crippen molar-refractivity contribution in [2.45, 2.75) is 30.8 Å². The number of rotatable bonds is 3. The zero-order valence-corrected chi connectivity index (χ0v) is 17.8. The van der Waals surface area contributed by atoms with Crippen LogP contribution in [0.3, 0.4) is 0 Å². The molecule has 0 radical (unpaired) electrons. The van der Waals surface area contributed by atoms with E-state index in [1.165, 1.54) is 4.31 Å². The van der Waals surface area contributed by atoms with Crippen molar-refractivity contribution in [3.8, 4) is 0 Å². The topological polar surface area (TPSA) is 84.0 Å². The predicted molar refractivity (Wildman–Crippen MR) is 110 cm³/mol. The van der Waals surface area contributed by atoms with Crippen LogP contribution >= 0.6 is 0 Å². The van der Waals surface area contributed by atoms with Gasteiger partial charge < -0.3 is 9.64 Å². The molecule has 2 aromatic carbocycles. The molecule has 0 aliphatic carbocycles. The van der Waals surface area contributed by atoms with Crippen LogP contribution in [0.15, 0.2) is 53.4 Å². The van der Waals surface area contributed by atoms with Crippen LogP contribution in [0.1, 0.15) is 28.4 Å². The Morgan fingerprint density at radius 1 is 1.00 bits per heavy atom. The van der Waals surface area contributed by atoms with Crippen molar-refractivity contribution in [3.63, 3.8) is 0 Å². The highest BCUT2D eigenvalue weighted by Crippen LogP contribution is 2.30. The lowest BCUT2D eigenvalue weighted by molar-refractivity contribution is -0.152. The molecule has 0 bridgehead atoms. The molecule has 2 aliphatic rings. The average Bonchev–Trinajstić information content (AvgIpc) is 2.73. The summed E-state index contributed by atoms with van der Waals surface area (Å²) in [7, 11) is -3.61. The third kappa shape index (κ3) is 3.61. The number of hydrogen-bond donors (Lipinski definition) is 0. The lowest BCUT2D eigenvalue weighted by Gasteiger charge is -2.40. The highest BCUT2D eigenvalue weighted by atomic mass is 32.2. The summed E-state index contributed by atoms with van der Waals surface area (Å²) < 4.78 is 32.7. The van der Waals surface area contributed by atoms with Gasteiger partial charge in [0.05, 0.1) is 10.5 Å². The first kappa shape index (κ1) is 20.6. The van der Waals surface area contributed by atoms with Crippen LogP contribution in [0.2, 0.25) is 0 Å². The van der Waals surface area contributed by atoms with Crippen LogP contribution in [0.25, 0.3) is 0 Å². The summed E-state index contributed by atoms with van der Waals surface area (Å²) in [6.45, 7) is 4.42. The van der Waals surface area contributed by atoms with E-state index in [1.54, 1.807) is 48.2 Å². The molecule has 4 rings (SSSR count). The third-order valence-electron chi connectivity index (χ3n) is 5.72. The fourth-order valence-corrected chi connectivity index (χ4v) is 5.40. The van der Waals surface area contributed by atoms with Gasteiger partial charge in [-0.1, -0.05) is 35.9 Å². The van der Waals surface area contributed by atoms with Gasteiger partial charge in [0, 0.05) is 32.6 Å². The maximum absolute atomic E-state index is 13.2. The van der Waals surface area contributed by atoms with Crippen molar-refractivity contribution in [2.75, 3.05) is 26.2 Å². The van der Waals surface area contributed by atoms with E-state index in [0.29, 0.717) is 12.0 Å². The molecule has 0 unspecified atom stereocenters. The molecule has 1 atom stereocenters. The minimum atomic E-state index is -3.61. The van der Waals surface area contributed by atoms with Crippen molar-refractivity contribution in [3.05, 3.63) is 65.2 Å². The Morgan fingerprint density at radius 3 is 2.30 bits per heavy atom. The second-order valence-electron chi connectivity index (χ2n) is 7.96. The predicted octanol–water partition coefficient (Wildman–Crippen LogP) is 2.00. The maximum atomic E-state index is 13.2. The summed E-state index contributed by atoms with van der Waals surface area (Å²) >= 11 is 0. The standard InChI is InChI=1S/C22H24N2O5S/c1-16-7-9-18(10-8-16)30(27,28)24-13-11-23(12-14-24)21(26)22(2)15-17-5-3-4-6-19(17)20(25)29-22/h3-10H,11-15H2,1-2H3/t22-/m1/s1. The van der Waals surface area contributed by atoms with Crippen LogP contribution in [0.5, 0.6) is 0 Å². The first-order chi connectivity index (χ1) is 14.2. The molecule has 158 valence electrons. The molecule has 0 saturated carbocycles. The summed E-state index contributed by atoms with van der Waals surface area (Å²) in [6, 6.07) is 13.8. The Labute approximate surface area is 176 Å². The van der Waals surface area contributed by atoms with Gasteiger partial charge in [-0.15, -0.1) is 0 Å². The number of piperazine rings is 1. The van der Waals surface area contributed by atoms with Crippen LogP contribution in [-0.2, 0) is 26.0 Å². The highest BCUT2D eigenvalue weighted by Gasteiger charge is 2.45. The van der Waals surface area contributed by atoms with Crippen LogP contribution < -0.4 is 0 Å². The number of sulfonamides is 1. The Morgan fingerprint density at radius 2 is 1.63 bits per heavy atom. The molecule has 30 heavy (non-hydrogen) atoms. The Bertz CT molecular complexity index is 1090. The van der Waals surface area contributed by atoms with E-state index in [9.17, 15) is 18.0 Å². The minimum Gasteiger partial charge on any atom is -0.445 e. The summed E-state index contributed by atoms with van der Waals surface area (Å²) in [6.07, 6.45) is 0.301. The number of nitrogens with zero attached hydrogens (tertiary/aromatic N) is 2. The maximum Gasteiger partial charge on any atom is 0.339 e. The van der Waals surface area contributed by atoms with Crippen LogP contribution in [-0.4, -0.2) is 61.3 Å². The molecule has 0 spiro atoms. The molecule has 0 aromatic heterocycles. The second-order valence-corrected chi connectivity index (χ2v) is 9.90. The van der Waals surface area contributed by atoms with Crippen molar-refractivity contribution >= 4 is 21.9 Å². The number of hydrogen-bond acceptors (Lipinski definition) is 5. The Hall–Kier alpha value is -2.71. The highest BCUT2D eigenvalue weighted by molar-refractivity contribution is 7.89. The summed E-state index contributed by atoms with van der Waals surface area (Å²) in [5.41, 5.74) is 0.965. The van der Waals surface area contributed by atoms with Crippen molar-refractivity contribution < 1.29 is 22.7 Å². The number of esters is 1. The average molecular weight is 429 g/mol. The van der Waals surface area contributed by atoms with Gasteiger partial charge in [-0.2, -0.15) is 4.31 Å². The molecule has 0 N–H and O–H groups in total. The largest absolute Gasteiger partial charge is 0.445 e. The zero-order chi connectivity index (χ0) is 21.5. The van der Waals surface area contributed by atoms with E-state index >= 15 is 0 Å². The number of carbonyl (C=O) groups is 2. The number of ether oxygens (including phenoxy) is 1. The molecule has 1 amide bonds. The molecule has 2 aromatic rings. The normalized spacial score (nSPS) is 22.3. The summed E-state index contributed by atoms with van der Waals surface area (Å²) in [5.74, 6) is -0.800. The lowest BCUT2D eigenvalue weighted by Crippen LogP contribution is -2.58. The van der Waals surface area contributed by atoms with Crippen molar-refractivity contribution in [1.29, 1.82) is 0 Å². The van der Waals surface area contributed by atoms with Crippen LogP contribution in [0.4, 0.5) is 0 Å². The van der Waals surface area contributed by atoms with E-state index in [1.807, 2.05) is 19.1 Å². The molecular formula is C22H24N2O5S. The quantitative estimate of drug-likeness (QED) is 0.699. The zero-order valence-electron chi connectivity index (χ0n) is 17.0. The molecule has 2 aliphatic heterocycles. The summed E-state index contributed by atoms with van der Waals surface area (Å²) in [4.78, 5) is 27.4. The lowest BCUT2D eigenvalue weighted by atomic mass is 9.89. The van der Waals surface area contributed by atoms with Gasteiger partial charge >= 0.3 is 5.97 Å². The Balaban J connectivity index is 1.46. The molecule has 8 heteroatoms. The number of carbonyl (C=O) groups excluding carboxylic acids is 2. The van der Waals surface area contributed by atoms with Gasteiger partial charge in [0.2, 0.25) is 10.0 Å². The fourth-order valence-electron chi connectivity index (χ4n) is 3.98. The first-order valence-corrected chi connectivity index (χ1v) is 11.3. The van der Waals surface area contributed by atoms with Gasteiger partial charge in [0.15, 0.2) is 5.60 Å². The molecular weight excluding hydrogens is 404 g/mol. The fraction of sp³-hybridized carbons (Fsp3) is 0.364. The number of fused-ring (bicyclic) bond motifs is 1. The van der Waals surface area contributed by atoms with E-state index in [2.05, 4.69) is 0 Å². The van der Waals surface area contributed by atoms with Gasteiger partial charge in [0.1, 0.15) is 0 Å². The minimum absolute atomic E-state index is 0.197. The van der Waals surface area contributed by atoms with Crippen LogP contribution in [0, 0.1) is 6.92 Å². The smallest absolute Gasteiger partial charge is 0.339 e. The molecule has 7 nitrogen and oxygen atoms in total. The molecule has 1 fully saturated rings. The SMILES string of the molecule is Cc1ccc(S(=O)(=O)N2CCN(C(=O)[C@@]3(C)Cc4ccccc4C(=O)O3)CC2)cc1. The molecule has 2 heterocycles. The van der Waals surface area contributed by atoms with Gasteiger partial charge in [-0.25, -0.2) is 13.2 Å². The number of benzene rings is 2. The van der Waals surface area contributed by atoms with Gasteiger partial charge in [-0.05, 0) is 37.6 Å².